The zero-order valence-electron chi connectivity index (χ0n) is 18.6. The van der Waals surface area contributed by atoms with Crippen LogP contribution in [0.25, 0.3) is 22.6 Å². The number of carbonyl (C=O) groups is 2. The number of anilines is 1. The van der Waals surface area contributed by atoms with Crippen molar-refractivity contribution in [3.63, 3.8) is 0 Å². The molecule has 1 aliphatic rings. The van der Waals surface area contributed by atoms with E-state index in [4.69, 9.17) is 37.8 Å². The Morgan fingerprint density at radius 2 is 1.83 bits per heavy atom. The van der Waals surface area contributed by atoms with Crippen molar-refractivity contribution in [3.05, 3.63) is 68.2 Å². The van der Waals surface area contributed by atoms with E-state index >= 15 is 0 Å². The van der Waals surface area contributed by atoms with Gasteiger partial charge in [-0.2, -0.15) is 0 Å². The van der Waals surface area contributed by atoms with Crippen molar-refractivity contribution in [3.8, 4) is 11.5 Å². The van der Waals surface area contributed by atoms with Gasteiger partial charge in [0.15, 0.2) is 11.5 Å². The van der Waals surface area contributed by atoms with E-state index < -0.39 is 21.9 Å². The second kappa shape index (κ2) is 9.81. The number of ether oxygens (including phenoxy) is 2. The molecule has 0 spiro atoms. The molecule has 35 heavy (non-hydrogen) atoms. The lowest BCUT2D eigenvalue weighted by molar-refractivity contribution is -0.132. The van der Waals surface area contributed by atoms with Crippen LogP contribution in [0.3, 0.4) is 0 Å². The number of allylic oxidation sites excluding steroid dienone is 1. The molecule has 1 amide bonds. The molecule has 11 heteroatoms. The average Bonchev–Trinajstić information content (AvgIpc) is 3.25. The summed E-state index contributed by atoms with van der Waals surface area (Å²) in [6, 6.07) is 10.1. The number of amides is 1. The Balaban J connectivity index is 1.72. The zero-order chi connectivity index (χ0) is 25.3. The van der Waals surface area contributed by atoms with Gasteiger partial charge in [0.1, 0.15) is 15.9 Å². The number of halogens is 2. The predicted octanol–water partition coefficient (Wildman–Crippen LogP) is 4.07. The van der Waals surface area contributed by atoms with Gasteiger partial charge in [-0.1, -0.05) is 29.3 Å². The Labute approximate surface area is 209 Å². The number of fused-ring (bicyclic) bond motifs is 2. The Bertz CT molecular complexity index is 1490. The van der Waals surface area contributed by atoms with Crippen molar-refractivity contribution in [2.75, 3.05) is 19.5 Å². The van der Waals surface area contributed by atoms with Crippen molar-refractivity contribution in [2.24, 2.45) is 0 Å². The van der Waals surface area contributed by atoms with Crippen molar-refractivity contribution in [2.45, 2.75) is 13.0 Å². The first kappa shape index (κ1) is 24.3. The summed E-state index contributed by atoms with van der Waals surface area (Å²) in [5.74, 6) is -0.710. The number of carboxylic acid groups (broad SMARTS) is 1. The van der Waals surface area contributed by atoms with E-state index in [9.17, 15) is 14.4 Å². The van der Waals surface area contributed by atoms with Crippen LogP contribution in [0, 0.1) is 0 Å². The first-order valence-electron chi connectivity index (χ1n) is 10.3. The van der Waals surface area contributed by atoms with Crippen molar-refractivity contribution in [1.29, 1.82) is 0 Å². The molecule has 4 rings (SSSR count). The minimum atomic E-state index is -1.52. The van der Waals surface area contributed by atoms with E-state index in [2.05, 4.69) is 10.3 Å². The van der Waals surface area contributed by atoms with Crippen LogP contribution in [0.5, 0.6) is 11.5 Å². The summed E-state index contributed by atoms with van der Waals surface area (Å²) in [7, 11) is 3.12. The fourth-order valence-corrected chi connectivity index (χ4v) is 3.97. The number of hydrogen-bond acceptors (Lipinski definition) is 6. The highest BCUT2D eigenvalue weighted by atomic mass is 35.5. The van der Waals surface area contributed by atoms with E-state index in [1.807, 2.05) is 18.2 Å². The molecule has 9 nitrogen and oxygen atoms in total. The summed E-state index contributed by atoms with van der Waals surface area (Å²) in [5, 5.41) is 10.3. The maximum Gasteiger partial charge on any atom is 0.349 e. The molecule has 3 aromatic rings. The van der Waals surface area contributed by atoms with Gasteiger partial charge in [0.2, 0.25) is 0 Å². The van der Waals surface area contributed by atoms with Gasteiger partial charge in [-0.15, -0.1) is 0 Å². The molecule has 0 aliphatic carbocycles. The predicted molar refractivity (Wildman–Crippen MR) is 133 cm³/mol. The fraction of sp³-hybridized carbons (Fsp3) is 0.167. The fourth-order valence-electron chi connectivity index (χ4n) is 3.76. The second-order valence-corrected chi connectivity index (χ2v) is 8.30. The monoisotopic (exact) mass is 515 g/mol. The molecule has 2 aromatic carbocycles. The molecule has 0 bridgehead atoms. The van der Waals surface area contributed by atoms with Crippen molar-refractivity contribution in [1.82, 2.24) is 9.55 Å². The summed E-state index contributed by atoms with van der Waals surface area (Å²) in [5.41, 5.74) is 2.16. The number of aromatic nitrogens is 2. The molecule has 180 valence electrons. The SMILES string of the molecule is COc1ccc(C=C2CCn3c2nc2cc(NC(=O)C(Cl)=C(Cl)C(=O)O)ccc2c3=O)cc1OC. The first-order chi connectivity index (χ1) is 16.7. The molecule has 2 heterocycles. The van der Waals surface area contributed by atoms with Gasteiger partial charge in [-0.05, 0) is 54.0 Å². The summed E-state index contributed by atoms with van der Waals surface area (Å²) >= 11 is 11.3. The van der Waals surface area contributed by atoms with Crippen LogP contribution in [0.1, 0.15) is 17.8 Å². The number of carbonyl (C=O) groups excluding carboxylic acids is 1. The zero-order valence-corrected chi connectivity index (χ0v) is 20.1. The highest BCUT2D eigenvalue weighted by Crippen LogP contribution is 2.32. The standard InChI is InChI=1S/C24H19Cl2N3O6/c1-34-17-6-3-12(10-18(17)35-2)9-13-7-8-29-21(13)28-16-11-14(4-5-15(16)23(29)31)27-22(30)19(25)20(26)24(32)33/h3-6,9-11H,7-8H2,1-2H3,(H,27,30)(H,32,33). The smallest absolute Gasteiger partial charge is 0.349 e. The van der Waals surface area contributed by atoms with E-state index in [1.165, 1.54) is 12.1 Å². The third-order valence-corrected chi connectivity index (χ3v) is 6.24. The summed E-state index contributed by atoms with van der Waals surface area (Å²) in [6.07, 6.45) is 2.55. The molecule has 1 aromatic heterocycles. The number of carboxylic acids is 1. The van der Waals surface area contributed by atoms with Crippen LogP contribution < -0.4 is 20.3 Å². The normalized spacial score (nSPS) is 14.5. The van der Waals surface area contributed by atoms with Gasteiger partial charge >= 0.3 is 5.97 Å². The van der Waals surface area contributed by atoms with Gasteiger partial charge in [0, 0.05) is 12.2 Å². The molecular formula is C24H19Cl2N3O6. The second-order valence-electron chi connectivity index (χ2n) is 7.55. The number of aliphatic carboxylic acids is 1. The van der Waals surface area contributed by atoms with E-state index in [0.717, 1.165) is 11.1 Å². The Hall–Kier alpha value is -3.82. The number of nitrogens with one attached hydrogen (secondary N) is 1. The Morgan fingerprint density at radius 3 is 2.51 bits per heavy atom. The molecule has 0 saturated heterocycles. The van der Waals surface area contributed by atoms with E-state index in [1.54, 1.807) is 30.9 Å². The Kier molecular flexibility index (Phi) is 6.81. The first-order valence-corrected chi connectivity index (χ1v) is 11.1. The quantitative estimate of drug-likeness (QED) is 0.474. The number of hydrogen-bond donors (Lipinski definition) is 2. The van der Waals surface area contributed by atoms with Crippen LogP contribution in [0.15, 0.2) is 51.3 Å². The molecule has 0 unspecified atom stereocenters. The average molecular weight is 516 g/mol. The Morgan fingerprint density at radius 1 is 1.09 bits per heavy atom. The van der Waals surface area contributed by atoms with Crippen LogP contribution in [-0.4, -0.2) is 40.8 Å². The third kappa shape index (κ3) is 4.73. The van der Waals surface area contributed by atoms with Crippen LogP contribution in [0.4, 0.5) is 5.69 Å². The molecule has 2 N–H and O–H groups in total. The number of methoxy groups -OCH3 is 2. The molecule has 1 aliphatic heterocycles. The van der Waals surface area contributed by atoms with Gasteiger partial charge in [0.25, 0.3) is 11.5 Å². The topological polar surface area (TPSA) is 120 Å². The summed E-state index contributed by atoms with van der Waals surface area (Å²) in [4.78, 5) is 40.9. The number of rotatable bonds is 6. The summed E-state index contributed by atoms with van der Waals surface area (Å²) < 4.78 is 12.3. The highest BCUT2D eigenvalue weighted by molar-refractivity contribution is 6.54. The van der Waals surface area contributed by atoms with E-state index in [0.29, 0.717) is 41.2 Å². The maximum absolute atomic E-state index is 13.1. The molecule has 0 radical (unpaired) electrons. The largest absolute Gasteiger partial charge is 0.493 e. The lowest BCUT2D eigenvalue weighted by Gasteiger charge is -2.09. The minimum Gasteiger partial charge on any atom is -0.493 e. The van der Waals surface area contributed by atoms with Crippen molar-refractivity contribution < 1.29 is 24.2 Å². The number of nitrogens with zero attached hydrogens (tertiary/aromatic N) is 2. The van der Waals surface area contributed by atoms with Crippen LogP contribution in [0.2, 0.25) is 0 Å². The third-order valence-electron chi connectivity index (χ3n) is 5.43. The molecule has 0 atom stereocenters. The van der Waals surface area contributed by atoms with Gasteiger partial charge in [-0.3, -0.25) is 14.2 Å². The van der Waals surface area contributed by atoms with Crippen molar-refractivity contribution >= 4 is 63.3 Å². The molecule has 0 saturated carbocycles. The summed E-state index contributed by atoms with van der Waals surface area (Å²) in [6.45, 7) is 0.489. The van der Waals surface area contributed by atoms with Gasteiger partial charge in [0.05, 0.1) is 25.1 Å². The maximum atomic E-state index is 13.1. The minimum absolute atomic E-state index is 0.203. The number of benzene rings is 2. The van der Waals surface area contributed by atoms with Crippen LogP contribution in [-0.2, 0) is 16.1 Å². The molecular weight excluding hydrogens is 497 g/mol. The lowest BCUT2D eigenvalue weighted by atomic mass is 10.1. The van der Waals surface area contributed by atoms with E-state index in [-0.39, 0.29) is 11.2 Å². The lowest BCUT2D eigenvalue weighted by Crippen LogP contribution is -2.21. The van der Waals surface area contributed by atoms with Crippen LogP contribution >= 0.6 is 23.2 Å². The highest BCUT2D eigenvalue weighted by Gasteiger charge is 2.22. The van der Waals surface area contributed by atoms with Gasteiger partial charge in [-0.25, -0.2) is 9.78 Å². The van der Waals surface area contributed by atoms with Gasteiger partial charge < -0.3 is 19.9 Å². The molecule has 0 fully saturated rings.